The number of hydrogen-bond acceptors (Lipinski definition) is 3. The number of rotatable bonds is 3. The first-order valence-electron chi connectivity index (χ1n) is 12.4. The number of fused-ring (bicyclic) bond motifs is 3. The summed E-state index contributed by atoms with van der Waals surface area (Å²) in [6.45, 7) is 3.04. The second-order valence-electron chi connectivity index (χ2n) is 10.0. The molecule has 0 fully saturated rings. The highest BCUT2D eigenvalue weighted by Crippen LogP contribution is 2.67. The van der Waals surface area contributed by atoms with Gasteiger partial charge in [0.05, 0.1) is 0 Å². The second kappa shape index (κ2) is 9.05. The molecule has 0 atom stereocenters. The number of thiophene rings is 3. The fraction of sp³-hybridized carbons (Fsp3) is 0.161. The summed E-state index contributed by atoms with van der Waals surface area (Å²) < 4.78 is 96.3. The zero-order valence-electron chi connectivity index (χ0n) is 21.2. The summed E-state index contributed by atoms with van der Waals surface area (Å²) in [6, 6.07) is 20.0. The van der Waals surface area contributed by atoms with Gasteiger partial charge in [0.25, 0.3) is 0 Å². The van der Waals surface area contributed by atoms with Crippen molar-refractivity contribution in [3.63, 3.8) is 0 Å². The van der Waals surface area contributed by atoms with E-state index >= 15 is 26.3 Å². The maximum atomic E-state index is 15.8. The molecule has 0 amide bonds. The van der Waals surface area contributed by atoms with E-state index in [-0.39, 0.29) is 31.7 Å². The molecule has 10 heteroatoms. The molecule has 0 saturated carbocycles. The van der Waals surface area contributed by atoms with Crippen molar-refractivity contribution in [1.29, 1.82) is 0 Å². The van der Waals surface area contributed by atoms with Crippen LogP contribution in [-0.2, 0) is 0 Å². The third-order valence-corrected chi connectivity index (χ3v) is 11.5. The SMILES string of the molecule is Cc1sc2cc(I)ccc2c1C1=C(c2c(C)sc3cc(-c4cc5ccccc5s4)ccc23)C(F)(F)C(F)(F)C1(F)F. The van der Waals surface area contributed by atoms with E-state index in [0.717, 1.165) is 46.8 Å². The van der Waals surface area contributed by atoms with Crippen molar-refractivity contribution < 1.29 is 26.3 Å². The normalized spacial score (nSPS) is 17.9. The highest BCUT2D eigenvalue weighted by atomic mass is 127. The lowest BCUT2D eigenvalue weighted by Crippen LogP contribution is -2.48. The lowest BCUT2D eigenvalue weighted by molar-refractivity contribution is -0.254. The zero-order valence-corrected chi connectivity index (χ0v) is 25.8. The van der Waals surface area contributed by atoms with Crippen LogP contribution in [0.3, 0.4) is 0 Å². The van der Waals surface area contributed by atoms with Crippen molar-refractivity contribution in [2.24, 2.45) is 0 Å². The lowest BCUT2D eigenvalue weighted by Gasteiger charge is -2.26. The number of halogens is 7. The fourth-order valence-corrected chi connectivity index (χ4v) is 9.68. The number of alkyl halides is 6. The number of allylic oxidation sites excluding steroid dienone is 2. The van der Waals surface area contributed by atoms with E-state index in [9.17, 15) is 0 Å². The topological polar surface area (TPSA) is 0 Å². The van der Waals surface area contributed by atoms with Crippen LogP contribution in [0.15, 0.2) is 66.7 Å². The van der Waals surface area contributed by atoms with Crippen LogP contribution in [0, 0.1) is 17.4 Å². The van der Waals surface area contributed by atoms with E-state index in [2.05, 4.69) is 22.6 Å². The van der Waals surface area contributed by atoms with Crippen LogP contribution in [-0.4, -0.2) is 17.8 Å². The first kappa shape index (κ1) is 27.4. The molecule has 3 aromatic heterocycles. The van der Waals surface area contributed by atoms with Crippen molar-refractivity contribution in [3.8, 4) is 10.4 Å². The molecule has 0 radical (unpaired) electrons. The second-order valence-corrected chi connectivity index (χ2v) is 14.9. The summed E-state index contributed by atoms with van der Waals surface area (Å²) in [7, 11) is 0. The molecule has 7 rings (SSSR count). The van der Waals surface area contributed by atoms with Crippen molar-refractivity contribution in [3.05, 3.63) is 91.2 Å². The van der Waals surface area contributed by atoms with E-state index in [4.69, 9.17) is 0 Å². The molecule has 0 aliphatic heterocycles. The Kier molecular flexibility index (Phi) is 6.05. The Morgan fingerprint density at radius 3 is 1.78 bits per heavy atom. The average Bonchev–Trinajstić information content (AvgIpc) is 3.59. The van der Waals surface area contributed by atoms with Gasteiger partial charge in [-0.3, -0.25) is 0 Å². The van der Waals surface area contributed by atoms with Crippen LogP contribution in [0.1, 0.15) is 20.9 Å². The molecule has 0 unspecified atom stereocenters. The molecule has 41 heavy (non-hydrogen) atoms. The van der Waals surface area contributed by atoms with Gasteiger partial charge in [-0.15, -0.1) is 34.0 Å². The van der Waals surface area contributed by atoms with E-state index < -0.39 is 28.9 Å². The molecule has 6 aromatic rings. The van der Waals surface area contributed by atoms with E-state index in [0.29, 0.717) is 9.40 Å². The molecule has 0 N–H and O–H groups in total. The summed E-state index contributed by atoms with van der Waals surface area (Å²) >= 11 is 5.91. The monoisotopic (exact) mass is 726 g/mol. The Balaban J connectivity index is 1.52. The van der Waals surface area contributed by atoms with E-state index in [1.54, 1.807) is 41.7 Å². The first-order chi connectivity index (χ1) is 19.3. The van der Waals surface area contributed by atoms with Gasteiger partial charge in [-0.1, -0.05) is 36.4 Å². The van der Waals surface area contributed by atoms with Gasteiger partial charge in [-0.25, -0.2) is 0 Å². The van der Waals surface area contributed by atoms with Gasteiger partial charge in [0.2, 0.25) is 0 Å². The highest BCUT2D eigenvalue weighted by Gasteiger charge is 2.80. The van der Waals surface area contributed by atoms with Gasteiger partial charge in [0.15, 0.2) is 0 Å². The van der Waals surface area contributed by atoms with E-state index in [1.165, 1.54) is 13.8 Å². The Morgan fingerprint density at radius 2 is 1.17 bits per heavy atom. The molecular weight excluding hydrogens is 709 g/mol. The summed E-state index contributed by atoms with van der Waals surface area (Å²) in [4.78, 5) is 1.52. The van der Waals surface area contributed by atoms with Crippen LogP contribution in [0.2, 0.25) is 0 Å². The third kappa shape index (κ3) is 3.76. The minimum atomic E-state index is -5.60. The lowest BCUT2D eigenvalue weighted by atomic mass is 9.91. The van der Waals surface area contributed by atoms with Crippen LogP contribution in [0.25, 0.3) is 51.8 Å². The largest absolute Gasteiger partial charge is 0.380 e. The third-order valence-electron chi connectivity index (χ3n) is 7.57. The molecule has 1 aliphatic rings. The van der Waals surface area contributed by atoms with Gasteiger partial charge in [0.1, 0.15) is 0 Å². The Hall–Kier alpha value is -2.41. The molecule has 0 spiro atoms. The van der Waals surface area contributed by atoms with Crippen molar-refractivity contribution in [1.82, 2.24) is 0 Å². The summed E-state index contributed by atoms with van der Waals surface area (Å²) in [5.74, 6) is -15.8. The zero-order chi connectivity index (χ0) is 29.1. The molecular formula is C31H17F6IS3. The maximum absolute atomic E-state index is 15.8. The van der Waals surface area contributed by atoms with Crippen molar-refractivity contribution in [2.45, 2.75) is 31.6 Å². The highest BCUT2D eigenvalue weighted by molar-refractivity contribution is 14.1. The molecule has 3 heterocycles. The molecule has 1 aliphatic carbocycles. The minimum Gasteiger partial charge on any atom is -0.194 e. The molecule has 3 aromatic carbocycles. The first-order valence-corrected chi connectivity index (χ1v) is 16.0. The maximum Gasteiger partial charge on any atom is 0.380 e. The van der Waals surface area contributed by atoms with Crippen LogP contribution in [0.5, 0.6) is 0 Å². The summed E-state index contributed by atoms with van der Waals surface area (Å²) in [6.07, 6.45) is 0. The predicted molar refractivity (Wildman–Crippen MR) is 168 cm³/mol. The van der Waals surface area contributed by atoms with E-state index in [1.807, 2.05) is 36.4 Å². The molecule has 0 bridgehead atoms. The molecule has 208 valence electrons. The van der Waals surface area contributed by atoms with Gasteiger partial charge in [-0.05, 0) is 77.7 Å². The number of hydrogen-bond donors (Lipinski definition) is 0. The standard InChI is InChI=1S/C31H17F6IS3/c1-14-25(19-9-7-17(12-23(19)39-14)22-11-16-5-3-4-6-21(16)41-22)27-28(30(34,35)31(36,37)29(27,32)33)26-15(2)40-24-13-18(38)8-10-20(24)26/h3-13H,1-2H3. The van der Waals surface area contributed by atoms with Gasteiger partial charge >= 0.3 is 17.8 Å². The van der Waals surface area contributed by atoms with Gasteiger partial charge < -0.3 is 0 Å². The van der Waals surface area contributed by atoms with Crippen LogP contribution < -0.4 is 0 Å². The van der Waals surface area contributed by atoms with Gasteiger partial charge in [0, 0.05) is 65.3 Å². The predicted octanol–water partition coefficient (Wildman–Crippen LogP) is 12.0. The minimum absolute atomic E-state index is 0.237. The van der Waals surface area contributed by atoms with Crippen LogP contribution in [0.4, 0.5) is 26.3 Å². The summed E-state index contributed by atoms with van der Waals surface area (Å²) in [5.41, 5.74) is -2.21. The van der Waals surface area contributed by atoms with Crippen LogP contribution >= 0.6 is 56.6 Å². The van der Waals surface area contributed by atoms with Crippen molar-refractivity contribution in [2.75, 3.05) is 0 Å². The Bertz CT molecular complexity index is 2050. The average molecular weight is 727 g/mol. The Morgan fingerprint density at radius 1 is 0.610 bits per heavy atom. The Labute approximate surface area is 256 Å². The molecule has 0 nitrogen and oxygen atoms in total. The number of benzene rings is 3. The molecule has 0 saturated heterocycles. The summed E-state index contributed by atoms with van der Waals surface area (Å²) in [5, 5.41) is 1.58. The fourth-order valence-electron chi connectivity index (χ4n) is 5.70. The quantitative estimate of drug-likeness (QED) is 0.126. The smallest absolute Gasteiger partial charge is 0.194 e. The van der Waals surface area contributed by atoms with Crippen molar-refractivity contribution >= 4 is 98.0 Å². The number of aryl methyl sites for hydroxylation is 2. The van der Waals surface area contributed by atoms with Gasteiger partial charge in [-0.2, -0.15) is 26.3 Å².